The van der Waals surface area contributed by atoms with Gasteiger partial charge < -0.3 is 9.84 Å². The summed E-state index contributed by atoms with van der Waals surface area (Å²) in [6, 6.07) is 0. The first-order valence-electron chi connectivity index (χ1n) is 4.97. The molecule has 0 aromatic heterocycles. The lowest BCUT2D eigenvalue weighted by Gasteiger charge is -2.33. The van der Waals surface area contributed by atoms with Crippen molar-refractivity contribution in [3.05, 3.63) is 0 Å². The molecule has 0 radical (unpaired) electrons. The van der Waals surface area contributed by atoms with Crippen molar-refractivity contribution in [2.45, 2.75) is 33.1 Å². The molecule has 1 heterocycles. The predicted molar refractivity (Wildman–Crippen MR) is 49.0 cm³/mol. The molecular formula is C10H20O2. The molecule has 0 amide bonds. The lowest BCUT2D eigenvalue weighted by atomic mass is 9.73. The fourth-order valence-electron chi connectivity index (χ4n) is 2.35. The van der Waals surface area contributed by atoms with E-state index in [4.69, 9.17) is 4.74 Å². The van der Waals surface area contributed by atoms with Crippen molar-refractivity contribution in [1.82, 2.24) is 0 Å². The van der Waals surface area contributed by atoms with Crippen molar-refractivity contribution >= 4 is 0 Å². The number of aliphatic hydroxyl groups is 1. The molecule has 1 N–H and O–H groups in total. The van der Waals surface area contributed by atoms with Gasteiger partial charge in [-0.1, -0.05) is 26.7 Å². The molecule has 2 nitrogen and oxygen atoms in total. The SMILES string of the molecule is CCC(CC)C1(CO)CCOC1. The number of ether oxygens (including phenoxy) is 1. The second-order valence-corrected chi connectivity index (χ2v) is 3.84. The van der Waals surface area contributed by atoms with E-state index in [0.717, 1.165) is 32.5 Å². The molecule has 1 aliphatic rings. The van der Waals surface area contributed by atoms with Crippen molar-refractivity contribution in [3.63, 3.8) is 0 Å². The van der Waals surface area contributed by atoms with Crippen molar-refractivity contribution < 1.29 is 9.84 Å². The van der Waals surface area contributed by atoms with Crippen LogP contribution in [-0.4, -0.2) is 24.9 Å². The Morgan fingerprint density at radius 1 is 1.42 bits per heavy atom. The summed E-state index contributed by atoms with van der Waals surface area (Å²) in [5.74, 6) is 0.630. The van der Waals surface area contributed by atoms with Gasteiger partial charge in [0.05, 0.1) is 13.2 Å². The Morgan fingerprint density at radius 2 is 2.08 bits per heavy atom. The van der Waals surface area contributed by atoms with Gasteiger partial charge in [-0.2, -0.15) is 0 Å². The number of aliphatic hydroxyl groups excluding tert-OH is 1. The maximum Gasteiger partial charge on any atom is 0.0547 e. The van der Waals surface area contributed by atoms with Crippen molar-refractivity contribution in [2.24, 2.45) is 11.3 Å². The summed E-state index contributed by atoms with van der Waals surface area (Å²) in [6.07, 6.45) is 3.34. The molecule has 1 unspecified atom stereocenters. The fraction of sp³-hybridized carbons (Fsp3) is 1.00. The van der Waals surface area contributed by atoms with Crippen LogP contribution in [0.15, 0.2) is 0 Å². The summed E-state index contributed by atoms with van der Waals surface area (Å²) in [4.78, 5) is 0. The maximum atomic E-state index is 9.37. The smallest absolute Gasteiger partial charge is 0.0547 e. The van der Waals surface area contributed by atoms with Crippen LogP contribution in [0.1, 0.15) is 33.1 Å². The highest BCUT2D eigenvalue weighted by molar-refractivity contribution is 4.88. The topological polar surface area (TPSA) is 29.5 Å². The standard InChI is InChI=1S/C10H20O2/c1-3-9(4-2)10(7-11)5-6-12-8-10/h9,11H,3-8H2,1-2H3. The first-order chi connectivity index (χ1) is 5.79. The molecule has 1 atom stereocenters. The molecule has 0 aromatic rings. The maximum absolute atomic E-state index is 9.37. The molecule has 0 bridgehead atoms. The zero-order valence-corrected chi connectivity index (χ0v) is 8.18. The summed E-state index contributed by atoms with van der Waals surface area (Å²) in [7, 11) is 0. The van der Waals surface area contributed by atoms with E-state index >= 15 is 0 Å². The lowest BCUT2D eigenvalue weighted by Crippen LogP contribution is -2.34. The summed E-state index contributed by atoms with van der Waals surface area (Å²) in [5.41, 5.74) is 0.0868. The van der Waals surface area contributed by atoms with Gasteiger partial charge in [0.15, 0.2) is 0 Å². The van der Waals surface area contributed by atoms with Gasteiger partial charge >= 0.3 is 0 Å². The van der Waals surface area contributed by atoms with Crippen molar-refractivity contribution in [2.75, 3.05) is 19.8 Å². The van der Waals surface area contributed by atoms with E-state index in [0.29, 0.717) is 12.5 Å². The molecule has 1 rings (SSSR count). The Hall–Kier alpha value is -0.0800. The molecule has 1 aliphatic heterocycles. The van der Waals surface area contributed by atoms with Gasteiger partial charge in [0.1, 0.15) is 0 Å². The van der Waals surface area contributed by atoms with Crippen LogP contribution in [0, 0.1) is 11.3 Å². The minimum absolute atomic E-state index is 0.0868. The van der Waals surface area contributed by atoms with E-state index in [1.807, 2.05) is 0 Å². The van der Waals surface area contributed by atoms with E-state index in [1.165, 1.54) is 0 Å². The van der Waals surface area contributed by atoms with Crippen molar-refractivity contribution in [1.29, 1.82) is 0 Å². The van der Waals surface area contributed by atoms with Crippen molar-refractivity contribution in [3.8, 4) is 0 Å². The van der Waals surface area contributed by atoms with Crippen LogP contribution in [0.3, 0.4) is 0 Å². The average Bonchev–Trinajstić information content (AvgIpc) is 2.56. The summed E-state index contributed by atoms with van der Waals surface area (Å²) < 4.78 is 5.38. The molecule has 2 heteroatoms. The van der Waals surface area contributed by atoms with E-state index < -0.39 is 0 Å². The number of rotatable bonds is 4. The molecule has 1 fully saturated rings. The van der Waals surface area contributed by atoms with Crippen LogP contribution in [-0.2, 0) is 4.74 Å². The number of hydrogen-bond acceptors (Lipinski definition) is 2. The van der Waals surface area contributed by atoms with Crippen LogP contribution >= 0.6 is 0 Å². The van der Waals surface area contributed by atoms with E-state index in [1.54, 1.807) is 0 Å². The minimum Gasteiger partial charge on any atom is -0.396 e. The molecule has 1 saturated heterocycles. The third kappa shape index (κ3) is 1.64. The highest BCUT2D eigenvalue weighted by atomic mass is 16.5. The van der Waals surface area contributed by atoms with Crippen LogP contribution in [0.25, 0.3) is 0 Å². The van der Waals surface area contributed by atoms with E-state index in [-0.39, 0.29) is 5.41 Å². The van der Waals surface area contributed by atoms with Crippen LogP contribution in [0.4, 0.5) is 0 Å². The third-order valence-electron chi connectivity index (χ3n) is 3.30. The first-order valence-corrected chi connectivity index (χ1v) is 4.97. The number of hydrogen-bond donors (Lipinski definition) is 1. The Kier molecular flexibility index (Phi) is 3.53. The van der Waals surface area contributed by atoms with Gasteiger partial charge in [-0.15, -0.1) is 0 Å². The molecule has 0 aliphatic carbocycles. The first kappa shape index (κ1) is 10.0. The quantitative estimate of drug-likeness (QED) is 0.701. The monoisotopic (exact) mass is 172 g/mol. The second-order valence-electron chi connectivity index (χ2n) is 3.84. The van der Waals surface area contributed by atoms with E-state index in [2.05, 4.69) is 13.8 Å². The average molecular weight is 172 g/mol. The highest BCUT2D eigenvalue weighted by Crippen LogP contribution is 2.39. The van der Waals surface area contributed by atoms with Gasteiger partial charge in [-0.3, -0.25) is 0 Å². The van der Waals surface area contributed by atoms with Gasteiger partial charge in [0.25, 0.3) is 0 Å². The lowest BCUT2D eigenvalue weighted by molar-refractivity contribution is 0.0398. The highest BCUT2D eigenvalue weighted by Gasteiger charge is 2.39. The molecule has 12 heavy (non-hydrogen) atoms. The molecular weight excluding hydrogens is 152 g/mol. The summed E-state index contributed by atoms with van der Waals surface area (Å²) in [5, 5.41) is 9.37. The second kappa shape index (κ2) is 4.24. The van der Waals surface area contributed by atoms with Gasteiger partial charge in [-0.05, 0) is 12.3 Å². The molecule has 72 valence electrons. The molecule has 0 saturated carbocycles. The predicted octanol–water partition coefficient (Wildman–Crippen LogP) is 1.82. The zero-order chi connectivity index (χ0) is 9.03. The minimum atomic E-state index is 0.0868. The normalized spacial score (nSPS) is 30.0. The van der Waals surface area contributed by atoms with E-state index in [9.17, 15) is 5.11 Å². The van der Waals surface area contributed by atoms with Gasteiger partial charge in [0, 0.05) is 12.0 Å². The Balaban J connectivity index is 2.63. The fourth-order valence-corrected chi connectivity index (χ4v) is 2.35. The largest absolute Gasteiger partial charge is 0.396 e. The van der Waals surface area contributed by atoms with Gasteiger partial charge in [-0.25, -0.2) is 0 Å². The van der Waals surface area contributed by atoms with Crippen LogP contribution in [0.5, 0.6) is 0 Å². The Bertz CT molecular complexity index is 124. The molecule has 0 aromatic carbocycles. The van der Waals surface area contributed by atoms with Gasteiger partial charge in [0.2, 0.25) is 0 Å². The third-order valence-corrected chi connectivity index (χ3v) is 3.30. The van der Waals surface area contributed by atoms with Crippen LogP contribution < -0.4 is 0 Å². The summed E-state index contributed by atoms with van der Waals surface area (Å²) in [6.45, 7) is 6.28. The summed E-state index contributed by atoms with van der Waals surface area (Å²) >= 11 is 0. The molecule has 0 spiro atoms. The van der Waals surface area contributed by atoms with Crippen LogP contribution in [0.2, 0.25) is 0 Å². The Labute approximate surface area is 74.9 Å². The zero-order valence-electron chi connectivity index (χ0n) is 8.18. The Morgan fingerprint density at radius 3 is 2.42 bits per heavy atom.